The molecule has 5 heterocycles. The molecular formula is C55H77N7O8. The van der Waals surface area contributed by atoms with Gasteiger partial charge in [-0.05, 0) is 109 Å². The summed E-state index contributed by atoms with van der Waals surface area (Å²) in [5, 5.41) is 45.3. The summed E-state index contributed by atoms with van der Waals surface area (Å²) in [6.07, 6.45) is 7.41. The number of carbonyl (C=O) groups excluding carboxylic acids is 2. The van der Waals surface area contributed by atoms with Crippen LogP contribution in [0.4, 0.5) is 0 Å². The average molecular weight is 964 g/mol. The molecule has 380 valence electrons. The third-order valence-corrected chi connectivity index (χ3v) is 14.7. The predicted octanol–water partition coefficient (Wildman–Crippen LogP) is 6.53. The van der Waals surface area contributed by atoms with Gasteiger partial charge < -0.3 is 39.3 Å². The maximum atomic E-state index is 14.3. The van der Waals surface area contributed by atoms with Crippen molar-refractivity contribution in [1.82, 2.24) is 34.7 Å². The SMILES string of the molecule is CC[C@H]1OC(=O)C[C@@H](O)[C@H](C)[C@@H](O[C@@H]2O[C@H](C)[C@@H](O)[C@H](N(C)C)[C@H]2O)[C@@H](CCN(Cc2ccccc2)Cc2cn(-c3cnc4ccccc4c3)nn2)C[C@@H](C)C(=O)/C=C/C(C)=C/[C@@H]1CN1CCCCC1. The number of nitrogens with zero attached hydrogens (tertiary/aromatic N) is 7. The standard InChI is InChI=1S/C55H77N7O8/c1-8-49-43(33-60-24-15-10-16-25-60)27-36(2)21-22-47(63)37(3)28-42(54(38(4)48(64)30-50(65)69-49)70-55-53(67)51(59(6)7)52(66)39(5)68-55)23-26-61(32-40-17-11-9-12-18-40)34-44-35-62(58-57-44)45-29-41-19-13-14-20-46(41)56-31-45/h9,11-14,17-22,27,29,31,35,37-39,42-43,48-49,51-55,64,66-67H,8,10,15-16,23-26,28,30,32-34H2,1-7H3/b22-21+,36-27+/t37-,38+,39-,42+,43-,48-,49-,51+,52-,53-,54-,55+/m1/s1. The van der Waals surface area contributed by atoms with Crippen LogP contribution in [0.25, 0.3) is 16.6 Å². The highest BCUT2D eigenvalue weighted by Crippen LogP contribution is 2.35. The number of ether oxygens (including phenoxy) is 3. The zero-order valence-corrected chi connectivity index (χ0v) is 42.3. The number of fused-ring (bicyclic) bond motifs is 1. The van der Waals surface area contributed by atoms with Gasteiger partial charge in [-0.1, -0.05) is 98.7 Å². The van der Waals surface area contributed by atoms with E-state index in [2.05, 4.69) is 43.3 Å². The van der Waals surface area contributed by atoms with Crippen molar-refractivity contribution in [2.45, 2.75) is 142 Å². The third-order valence-electron chi connectivity index (χ3n) is 14.7. The summed E-state index contributed by atoms with van der Waals surface area (Å²) >= 11 is 0. The minimum atomic E-state index is -1.26. The highest BCUT2D eigenvalue weighted by atomic mass is 16.7. The Morgan fingerprint density at radius 3 is 2.40 bits per heavy atom. The van der Waals surface area contributed by atoms with Crippen LogP contribution in [0.5, 0.6) is 0 Å². The van der Waals surface area contributed by atoms with Crippen molar-refractivity contribution in [1.29, 1.82) is 0 Å². The van der Waals surface area contributed by atoms with Crippen molar-refractivity contribution < 1.29 is 39.1 Å². The molecule has 12 atom stereocenters. The molecule has 15 nitrogen and oxygen atoms in total. The first kappa shape index (κ1) is 53.1. The fourth-order valence-corrected chi connectivity index (χ4v) is 10.6. The average Bonchev–Trinajstić information content (AvgIpc) is 3.82. The topological polar surface area (TPSA) is 176 Å². The molecular weight excluding hydrogens is 887 g/mol. The fourth-order valence-electron chi connectivity index (χ4n) is 10.6. The first-order chi connectivity index (χ1) is 33.7. The van der Waals surface area contributed by atoms with Crippen LogP contribution in [-0.4, -0.2) is 151 Å². The Morgan fingerprint density at radius 1 is 0.914 bits per heavy atom. The van der Waals surface area contributed by atoms with Crippen molar-refractivity contribution in [3.05, 3.63) is 108 Å². The molecule has 3 N–H and O–H groups in total. The molecule has 70 heavy (non-hydrogen) atoms. The van der Waals surface area contributed by atoms with E-state index in [1.165, 1.54) is 6.42 Å². The summed E-state index contributed by atoms with van der Waals surface area (Å²) in [5.41, 5.74) is 4.45. The number of allylic oxidation sites excluding steroid dienone is 3. The second-order valence-corrected chi connectivity index (χ2v) is 20.4. The van der Waals surface area contributed by atoms with Crippen molar-refractivity contribution >= 4 is 22.7 Å². The zero-order chi connectivity index (χ0) is 49.9. The second kappa shape index (κ2) is 25.1. The van der Waals surface area contributed by atoms with E-state index in [0.717, 1.165) is 65.9 Å². The summed E-state index contributed by atoms with van der Waals surface area (Å²) in [6.45, 7) is 13.8. The van der Waals surface area contributed by atoms with E-state index in [0.29, 0.717) is 38.9 Å². The number of aromatic nitrogens is 4. The molecule has 15 heteroatoms. The van der Waals surface area contributed by atoms with Crippen molar-refractivity contribution in [3.63, 3.8) is 0 Å². The van der Waals surface area contributed by atoms with E-state index in [1.54, 1.807) is 42.9 Å². The summed E-state index contributed by atoms with van der Waals surface area (Å²) in [4.78, 5) is 39.4. The number of likely N-dealkylation sites (N-methyl/N-ethyl adjacent to an activating group) is 1. The number of aliphatic hydroxyl groups is 3. The van der Waals surface area contributed by atoms with Crippen LogP contribution < -0.4 is 0 Å². The maximum Gasteiger partial charge on any atom is 0.308 e. The van der Waals surface area contributed by atoms with Crippen molar-refractivity contribution in [3.8, 4) is 5.69 Å². The van der Waals surface area contributed by atoms with E-state index < -0.39 is 72.7 Å². The zero-order valence-electron chi connectivity index (χ0n) is 42.3. The lowest BCUT2D eigenvalue weighted by atomic mass is 9.79. The Kier molecular flexibility index (Phi) is 19.0. The minimum absolute atomic E-state index is 0.0397. The van der Waals surface area contributed by atoms with Crippen LogP contribution in [0.15, 0.2) is 96.9 Å². The highest BCUT2D eigenvalue weighted by Gasteiger charge is 2.47. The summed E-state index contributed by atoms with van der Waals surface area (Å²) in [5.74, 6) is -2.20. The number of hydrogen-bond donors (Lipinski definition) is 3. The van der Waals surface area contributed by atoms with Crippen LogP contribution >= 0.6 is 0 Å². The number of piperidine rings is 1. The number of esters is 1. The van der Waals surface area contributed by atoms with Gasteiger partial charge in [-0.25, -0.2) is 4.68 Å². The molecule has 0 radical (unpaired) electrons. The van der Waals surface area contributed by atoms with E-state index in [9.17, 15) is 24.9 Å². The Morgan fingerprint density at radius 2 is 1.66 bits per heavy atom. The molecule has 0 spiro atoms. The number of benzene rings is 2. The number of likely N-dealkylation sites (tertiary alicyclic amines) is 1. The highest BCUT2D eigenvalue weighted by molar-refractivity contribution is 5.91. The molecule has 0 bridgehead atoms. The number of pyridine rings is 1. The van der Waals surface area contributed by atoms with Crippen molar-refractivity contribution in [2.75, 3.05) is 40.3 Å². The number of carbonyl (C=O) groups is 2. The third kappa shape index (κ3) is 14.0. The van der Waals surface area contributed by atoms with E-state index in [1.807, 2.05) is 88.5 Å². The molecule has 2 aromatic carbocycles. The molecule has 2 saturated heterocycles. The molecule has 0 unspecified atom stereocenters. The van der Waals surface area contributed by atoms with Gasteiger partial charge in [0.2, 0.25) is 0 Å². The predicted molar refractivity (Wildman–Crippen MR) is 269 cm³/mol. The Hall–Kier alpha value is -4.71. The van der Waals surface area contributed by atoms with Gasteiger partial charge in [0, 0.05) is 42.8 Å². The molecule has 4 aromatic rings. The van der Waals surface area contributed by atoms with Gasteiger partial charge in [0.05, 0.1) is 66.2 Å². The lowest BCUT2D eigenvalue weighted by molar-refractivity contribution is -0.304. The van der Waals surface area contributed by atoms with Gasteiger partial charge in [0.25, 0.3) is 0 Å². The number of ketones is 1. The lowest BCUT2D eigenvalue weighted by Gasteiger charge is -2.46. The van der Waals surface area contributed by atoms with Crippen LogP contribution in [0.1, 0.15) is 90.8 Å². The van der Waals surface area contributed by atoms with Crippen molar-refractivity contribution in [2.24, 2.45) is 23.7 Å². The Bertz CT molecular complexity index is 2350. The van der Waals surface area contributed by atoms with Gasteiger partial charge in [0.15, 0.2) is 12.1 Å². The summed E-state index contributed by atoms with van der Waals surface area (Å²) < 4.78 is 21.2. The monoisotopic (exact) mass is 964 g/mol. The number of rotatable bonds is 14. The van der Waals surface area contributed by atoms with Gasteiger partial charge in [0.1, 0.15) is 12.2 Å². The van der Waals surface area contributed by atoms with Gasteiger partial charge in [-0.2, -0.15) is 0 Å². The second-order valence-electron chi connectivity index (χ2n) is 20.4. The van der Waals surface area contributed by atoms with Gasteiger partial charge >= 0.3 is 5.97 Å². The first-order valence-electron chi connectivity index (χ1n) is 25.5. The molecule has 0 aliphatic carbocycles. The van der Waals surface area contributed by atoms with Gasteiger partial charge in [-0.3, -0.25) is 19.5 Å². The normalized spacial score (nSPS) is 31.4. The Balaban J connectivity index is 1.22. The van der Waals surface area contributed by atoms with Crippen LogP contribution in [0.2, 0.25) is 0 Å². The van der Waals surface area contributed by atoms with Crippen LogP contribution in [0, 0.1) is 23.7 Å². The molecule has 7 rings (SSSR count). The molecule has 0 saturated carbocycles. The molecule has 2 aromatic heterocycles. The van der Waals surface area contributed by atoms with E-state index in [-0.39, 0.29) is 18.1 Å². The molecule has 0 amide bonds. The fraction of sp³-hybridized carbons (Fsp3) is 0.582. The van der Waals surface area contributed by atoms with Crippen LogP contribution in [-0.2, 0) is 36.9 Å². The summed E-state index contributed by atoms with van der Waals surface area (Å²) in [6, 6.07) is 19.4. The summed E-state index contributed by atoms with van der Waals surface area (Å²) in [7, 11) is 3.58. The number of hydrogen-bond acceptors (Lipinski definition) is 14. The van der Waals surface area contributed by atoms with E-state index in [4.69, 9.17) is 14.2 Å². The first-order valence-corrected chi connectivity index (χ1v) is 25.5. The quantitative estimate of drug-likeness (QED) is 0.116. The molecule has 3 aliphatic heterocycles. The van der Waals surface area contributed by atoms with Crippen LogP contribution in [0.3, 0.4) is 0 Å². The van der Waals surface area contributed by atoms with Gasteiger partial charge in [-0.15, -0.1) is 5.10 Å². The van der Waals surface area contributed by atoms with E-state index >= 15 is 0 Å². The Labute approximate surface area is 414 Å². The molecule has 3 aliphatic rings. The number of aliphatic hydroxyl groups excluding tert-OH is 3. The minimum Gasteiger partial charge on any atom is -0.462 e. The maximum absolute atomic E-state index is 14.3. The number of cyclic esters (lactones) is 1. The number of para-hydroxylation sites is 1. The largest absolute Gasteiger partial charge is 0.462 e. The smallest absolute Gasteiger partial charge is 0.308 e. The lowest BCUT2D eigenvalue weighted by Crippen LogP contribution is -2.63. The molecule has 2 fully saturated rings.